The molecule has 0 aliphatic heterocycles. The summed E-state index contributed by atoms with van der Waals surface area (Å²) < 4.78 is 33.5. The molecule has 11 nitrogen and oxygen atoms in total. The fourth-order valence-corrected chi connectivity index (χ4v) is 8.21. The number of carbonyl (C=O) groups is 3. The Bertz CT molecular complexity index is 1710. The number of aliphatic imine (C=N–C) groups is 1. The van der Waals surface area contributed by atoms with Gasteiger partial charge in [0.05, 0.1) is 24.6 Å². The summed E-state index contributed by atoms with van der Waals surface area (Å²) in [6, 6.07) is 11.1. The van der Waals surface area contributed by atoms with Gasteiger partial charge in [-0.25, -0.2) is 13.2 Å². The molecule has 0 saturated carbocycles. The lowest BCUT2D eigenvalue weighted by molar-refractivity contribution is -0.137. The Labute approximate surface area is 265 Å². The van der Waals surface area contributed by atoms with Crippen LogP contribution in [0.15, 0.2) is 61.5 Å². The molecule has 2 aromatic carbocycles. The summed E-state index contributed by atoms with van der Waals surface area (Å²) in [4.78, 5) is 39.7. The van der Waals surface area contributed by atoms with Crippen LogP contribution in [0.3, 0.4) is 0 Å². The van der Waals surface area contributed by atoms with Crippen LogP contribution in [-0.4, -0.2) is 49.2 Å². The fraction of sp³-hybridized carbons (Fsp3) is 0.333. The Kier molecular flexibility index (Phi) is 11.2. The largest absolute Gasteiger partial charge is 0.481 e. The summed E-state index contributed by atoms with van der Waals surface area (Å²) in [5, 5.41) is 11.7. The number of hydrogen-bond acceptors (Lipinski definition) is 9. The number of carbonyl (C=O) groups excluding carboxylic acids is 2. The number of carboxylic acids is 1. The summed E-state index contributed by atoms with van der Waals surface area (Å²) in [5.41, 5.74) is 14.0. The first-order valence-electron chi connectivity index (χ1n) is 13.5. The molecule has 1 aromatic heterocycles. The highest BCUT2D eigenvalue weighted by Crippen LogP contribution is 2.39. The van der Waals surface area contributed by atoms with E-state index in [-0.39, 0.29) is 34.4 Å². The van der Waals surface area contributed by atoms with Crippen LogP contribution in [0.25, 0.3) is 11.1 Å². The summed E-state index contributed by atoms with van der Waals surface area (Å²) in [7, 11) is -4.06. The van der Waals surface area contributed by atoms with E-state index in [9.17, 15) is 22.8 Å². The number of nitrogens with one attached hydrogen (secondary N) is 1. The van der Waals surface area contributed by atoms with Gasteiger partial charge in [0.25, 0.3) is 0 Å². The number of nitrogens with zero attached hydrogens (tertiary/aromatic N) is 1. The number of thioether (sulfide) groups is 1. The van der Waals surface area contributed by atoms with Gasteiger partial charge in [-0.2, -0.15) is 4.99 Å². The molecule has 3 rings (SSSR count). The molecular weight excluding hydrogens is 625 g/mol. The number of rotatable bonds is 11. The SMILES string of the molecule is CSc1sc(/C(N)=N\C(=O)OC(C)(C)C)cc1S(=O)(=O)c1cccc(-c2c(C)cc(N)cc2NC(=O)CCCCC(=O)O)c1. The van der Waals surface area contributed by atoms with Crippen molar-refractivity contribution in [3.8, 4) is 11.1 Å². The third-order valence-corrected chi connectivity index (χ3v) is 10.4. The molecule has 44 heavy (non-hydrogen) atoms. The fourth-order valence-electron chi connectivity index (χ4n) is 4.27. The zero-order chi connectivity index (χ0) is 32.8. The molecular formula is C30H36N4O7S3. The second kappa shape index (κ2) is 14.3. The van der Waals surface area contributed by atoms with Crippen molar-refractivity contribution in [2.45, 2.75) is 73.0 Å². The summed E-state index contributed by atoms with van der Waals surface area (Å²) in [5.74, 6) is -1.39. The van der Waals surface area contributed by atoms with Gasteiger partial charge < -0.3 is 26.6 Å². The molecule has 0 atom stereocenters. The van der Waals surface area contributed by atoms with E-state index in [1.165, 1.54) is 30.0 Å². The minimum atomic E-state index is -4.06. The highest BCUT2D eigenvalue weighted by atomic mass is 32.2. The van der Waals surface area contributed by atoms with Crippen LogP contribution in [-0.2, 0) is 24.2 Å². The number of benzene rings is 2. The average Bonchev–Trinajstić information content (AvgIpc) is 3.35. The highest BCUT2D eigenvalue weighted by molar-refractivity contribution is 8.01. The molecule has 1 heterocycles. The maximum absolute atomic E-state index is 13.9. The summed E-state index contributed by atoms with van der Waals surface area (Å²) >= 11 is 2.33. The van der Waals surface area contributed by atoms with Crippen molar-refractivity contribution in [1.82, 2.24) is 0 Å². The maximum atomic E-state index is 13.9. The zero-order valence-corrected chi connectivity index (χ0v) is 27.5. The second-order valence-electron chi connectivity index (χ2n) is 10.9. The molecule has 0 unspecified atom stereocenters. The number of amidine groups is 1. The number of nitrogen functional groups attached to an aromatic ring is 1. The van der Waals surface area contributed by atoms with E-state index in [0.717, 1.165) is 16.9 Å². The summed E-state index contributed by atoms with van der Waals surface area (Å²) in [6.45, 7) is 6.89. The van der Waals surface area contributed by atoms with Gasteiger partial charge in [-0.15, -0.1) is 23.1 Å². The Balaban J connectivity index is 1.98. The normalized spacial score (nSPS) is 12.2. The number of carboxylic acid groups (broad SMARTS) is 1. The molecule has 0 aliphatic rings. The van der Waals surface area contributed by atoms with Crippen molar-refractivity contribution in [1.29, 1.82) is 0 Å². The topological polar surface area (TPSA) is 191 Å². The Hall–Kier alpha value is -3.88. The standard InChI is InChI=1S/C30H36N4O7S3/c1-17-13-19(31)15-21(33-24(35)11-6-7-12-25(36)37)26(17)18-9-8-10-20(14-18)44(39,40)23-16-22(43-28(23)42-5)27(32)34-29(38)41-30(2,3)4/h8-10,13-16H,6-7,11-12,31H2,1-5H3,(H,33,35)(H,36,37)(H2,32,34,38). The number of aryl methyl sites for hydroxylation is 1. The highest BCUT2D eigenvalue weighted by Gasteiger charge is 2.27. The first-order chi connectivity index (χ1) is 20.5. The van der Waals surface area contributed by atoms with Gasteiger partial charge in [-0.1, -0.05) is 12.1 Å². The number of aliphatic carboxylic acids is 1. The maximum Gasteiger partial charge on any atom is 0.436 e. The van der Waals surface area contributed by atoms with E-state index in [1.54, 1.807) is 58.2 Å². The van der Waals surface area contributed by atoms with Crippen LogP contribution in [0.5, 0.6) is 0 Å². The number of unbranched alkanes of at least 4 members (excludes halogenated alkanes) is 1. The minimum absolute atomic E-state index is 0.0134. The van der Waals surface area contributed by atoms with Crippen LogP contribution in [0.1, 0.15) is 56.9 Å². The number of hydrogen-bond donors (Lipinski definition) is 4. The molecule has 0 bridgehead atoms. The van der Waals surface area contributed by atoms with E-state index in [1.807, 2.05) is 0 Å². The Morgan fingerprint density at radius 2 is 1.77 bits per heavy atom. The summed E-state index contributed by atoms with van der Waals surface area (Å²) in [6.07, 6.45) is 1.72. The van der Waals surface area contributed by atoms with Crippen molar-refractivity contribution in [2.24, 2.45) is 10.7 Å². The first-order valence-corrected chi connectivity index (χ1v) is 17.1. The lowest BCUT2D eigenvalue weighted by atomic mass is 9.97. The molecule has 3 aromatic rings. The zero-order valence-electron chi connectivity index (χ0n) is 25.1. The lowest BCUT2D eigenvalue weighted by Gasteiger charge is -2.17. The van der Waals surface area contributed by atoms with Crippen LogP contribution >= 0.6 is 23.1 Å². The number of nitrogens with two attached hydrogens (primary N) is 2. The van der Waals surface area contributed by atoms with E-state index in [2.05, 4.69) is 10.3 Å². The van der Waals surface area contributed by atoms with E-state index >= 15 is 0 Å². The molecule has 14 heteroatoms. The molecule has 0 aliphatic carbocycles. The van der Waals surface area contributed by atoms with Gasteiger partial charge in [0.15, 0.2) is 0 Å². The molecule has 0 spiro atoms. The predicted octanol–water partition coefficient (Wildman–Crippen LogP) is 6.08. The number of amides is 2. The van der Waals surface area contributed by atoms with Crippen molar-refractivity contribution < 1.29 is 32.6 Å². The Morgan fingerprint density at radius 3 is 2.41 bits per heavy atom. The smallest absolute Gasteiger partial charge is 0.436 e. The van der Waals surface area contributed by atoms with Gasteiger partial charge in [0.1, 0.15) is 11.4 Å². The van der Waals surface area contributed by atoms with Crippen LogP contribution in [0.2, 0.25) is 0 Å². The molecule has 0 radical (unpaired) electrons. The minimum Gasteiger partial charge on any atom is -0.481 e. The molecule has 0 fully saturated rings. The van der Waals surface area contributed by atoms with Crippen LogP contribution in [0.4, 0.5) is 16.2 Å². The van der Waals surface area contributed by atoms with Crippen molar-refractivity contribution >= 4 is 68.1 Å². The predicted molar refractivity (Wildman–Crippen MR) is 174 cm³/mol. The van der Waals surface area contributed by atoms with Crippen molar-refractivity contribution in [3.63, 3.8) is 0 Å². The van der Waals surface area contributed by atoms with Crippen molar-refractivity contribution in [2.75, 3.05) is 17.3 Å². The number of thiophene rings is 1. The Morgan fingerprint density at radius 1 is 1.09 bits per heavy atom. The lowest BCUT2D eigenvalue weighted by Crippen LogP contribution is -2.24. The first kappa shape index (κ1) is 34.6. The molecule has 236 valence electrons. The van der Waals surface area contributed by atoms with E-state index in [4.69, 9.17) is 21.3 Å². The van der Waals surface area contributed by atoms with E-state index in [0.29, 0.717) is 44.4 Å². The number of sulfone groups is 1. The molecule has 0 saturated heterocycles. The van der Waals surface area contributed by atoms with Gasteiger partial charge >= 0.3 is 12.1 Å². The van der Waals surface area contributed by atoms with Crippen LogP contribution < -0.4 is 16.8 Å². The monoisotopic (exact) mass is 660 g/mol. The average molecular weight is 661 g/mol. The quantitative estimate of drug-likeness (QED) is 0.0616. The van der Waals surface area contributed by atoms with Gasteiger partial charge in [0.2, 0.25) is 15.7 Å². The molecule has 2 amide bonds. The number of ether oxygens (including phenoxy) is 1. The number of anilines is 2. The van der Waals surface area contributed by atoms with E-state index < -0.39 is 27.5 Å². The second-order valence-corrected chi connectivity index (χ2v) is 14.9. The third-order valence-electron chi connectivity index (χ3n) is 6.11. The van der Waals surface area contributed by atoms with Gasteiger partial charge in [-0.3, -0.25) is 9.59 Å². The van der Waals surface area contributed by atoms with Gasteiger partial charge in [-0.05, 0) is 88.3 Å². The van der Waals surface area contributed by atoms with Gasteiger partial charge in [0, 0.05) is 24.1 Å². The molecule has 6 N–H and O–H groups in total. The van der Waals surface area contributed by atoms with Crippen LogP contribution in [0, 0.1) is 6.92 Å². The van der Waals surface area contributed by atoms with Crippen molar-refractivity contribution in [3.05, 3.63) is 52.9 Å². The third kappa shape index (κ3) is 9.07.